The van der Waals surface area contributed by atoms with E-state index in [0.717, 1.165) is 12.8 Å². The molecule has 1 aliphatic carbocycles. The van der Waals surface area contributed by atoms with Crippen LogP contribution in [0.1, 0.15) is 46.5 Å². The largest absolute Gasteiger partial charge is 0.350 e. The Bertz CT molecular complexity index is 205. The van der Waals surface area contributed by atoms with Crippen LogP contribution in [0.4, 0.5) is 0 Å². The molecule has 2 N–H and O–H groups in total. The first-order valence-corrected chi connectivity index (χ1v) is 5.67. The first-order valence-electron chi connectivity index (χ1n) is 5.67. The predicted octanol–water partition coefficient (Wildman–Crippen LogP) is 1.36. The zero-order chi connectivity index (χ0) is 11.3. The summed E-state index contributed by atoms with van der Waals surface area (Å²) in [5.41, 5.74) is 2.56. The van der Waals surface area contributed by atoms with Gasteiger partial charge >= 0.3 is 0 Å². The lowest BCUT2D eigenvalue weighted by Crippen LogP contribution is -2.45. The van der Waals surface area contributed by atoms with Gasteiger partial charge < -0.3 is 5.32 Å². The van der Waals surface area contributed by atoms with E-state index in [1.807, 2.05) is 20.8 Å². The maximum atomic E-state index is 11.4. The fraction of sp³-hybridized carbons (Fsp3) is 0.909. The van der Waals surface area contributed by atoms with Gasteiger partial charge in [-0.15, -0.1) is 0 Å². The Labute approximate surface area is 91.7 Å². The summed E-state index contributed by atoms with van der Waals surface area (Å²) in [6.45, 7) is 6.11. The molecule has 1 fully saturated rings. The molecule has 4 heteroatoms. The number of nitrogens with one attached hydrogen (secondary N) is 2. The lowest BCUT2D eigenvalue weighted by molar-refractivity contribution is -0.125. The average molecular weight is 214 g/mol. The summed E-state index contributed by atoms with van der Waals surface area (Å²) in [7, 11) is 0. The second-order valence-corrected chi connectivity index (χ2v) is 5.14. The maximum absolute atomic E-state index is 11.4. The number of hydroxylamine groups is 1. The standard InChI is InChI=1S/C11H22N2O2/c1-11(2,3)13-10(14)8-12-15-9-6-4-5-7-9/h9,12H,4-8H2,1-3H3,(H,13,14). The Morgan fingerprint density at radius 1 is 1.33 bits per heavy atom. The van der Waals surface area contributed by atoms with Crippen molar-refractivity contribution in [2.45, 2.75) is 58.1 Å². The molecule has 0 unspecified atom stereocenters. The van der Waals surface area contributed by atoms with Gasteiger partial charge in [0.1, 0.15) is 0 Å². The molecule has 0 atom stereocenters. The Balaban J connectivity index is 2.06. The molecule has 0 saturated heterocycles. The summed E-state index contributed by atoms with van der Waals surface area (Å²) in [6.07, 6.45) is 4.98. The highest BCUT2D eigenvalue weighted by Crippen LogP contribution is 2.19. The number of rotatable bonds is 4. The number of hydrogen-bond donors (Lipinski definition) is 2. The van der Waals surface area contributed by atoms with Crippen LogP contribution in [-0.4, -0.2) is 24.1 Å². The molecule has 15 heavy (non-hydrogen) atoms. The summed E-state index contributed by atoms with van der Waals surface area (Å²) >= 11 is 0. The Morgan fingerprint density at radius 3 is 2.47 bits per heavy atom. The van der Waals surface area contributed by atoms with Crippen molar-refractivity contribution in [1.29, 1.82) is 0 Å². The van der Waals surface area contributed by atoms with E-state index in [2.05, 4.69) is 10.8 Å². The van der Waals surface area contributed by atoms with Crippen LogP contribution in [0.25, 0.3) is 0 Å². The molecule has 1 amide bonds. The van der Waals surface area contributed by atoms with E-state index < -0.39 is 0 Å². The normalized spacial score (nSPS) is 18.1. The topological polar surface area (TPSA) is 50.4 Å². The van der Waals surface area contributed by atoms with Crippen LogP contribution in [0.15, 0.2) is 0 Å². The second-order valence-electron chi connectivity index (χ2n) is 5.14. The van der Waals surface area contributed by atoms with Crippen LogP contribution in [0.2, 0.25) is 0 Å². The average Bonchev–Trinajstić information content (AvgIpc) is 2.53. The molecule has 0 aliphatic heterocycles. The number of hydrogen-bond acceptors (Lipinski definition) is 3. The highest BCUT2D eigenvalue weighted by molar-refractivity contribution is 5.78. The summed E-state index contributed by atoms with van der Waals surface area (Å²) in [6, 6.07) is 0. The molecular weight excluding hydrogens is 192 g/mol. The van der Waals surface area contributed by atoms with Crippen molar-refractivity contribution in [2.24, 2.45) is 0 Å². The molecule has 0 aromatic heterocycles. The summed E-state index contributed by atoms with van der Waals surface area (Å²) < 4.78 is 0. The van der Waals surface area contributed by atoms with Gasteiger partial charge in [-0.05, 0) is 33.6 Å². The van der Waals surface area contributed by atoms with E-state index in [9.17, 15) is 4.79 Å². The summed E-state index contributed by atoms with van der Waals surface area (Å²) in [5, 5.41) is 2.86. The first kappa shape index (κ1) is 12.5. The minimum absolute atomic E-state index is 0.0273. The number of carbonyl (C=O) groups is 1. The molecule has 4 nitrogen and oxygen atoms in total. The van der Waals surface area contributed by atoms with E-state index in [0.29, 0.717) is 6.10 Å². The fourth-order valence-corrected chi connectivity index (χ4v) is 1.69. The van der Waals surface area contributed by atoms with Crippen LogP contribution in [-0.2, 0) is 9.63 Å². The molecule has 1 rings (SSSR count). The molecule has 1 aliphatic rings. The number of amides is 1. The Morgan fingerprint density at radius 2 is 1.93 bits per heavy atom. The van der Waals surface area contributed by atoms with Gasteiger partial charge in [0, 0.05) is 5.54 Å². The number of carbonyl (C=O) groups excluding carboxylic acids is 1. The van der Waals surface area contributed by atoms with Gasteiger partial charge in [0.05, 0.1) is 12.6 Å². The molecule has 88 valence electrons. The molecule has 0 bridgehead atoms. The highest BCUT2D eigenvalue weighted by atomic mass is 16.7. The van der Waals surface area contributed by atoms with Crippen molar-refractivity contribution in [2.75, 3.05) is 6.54 Å². The van der Waals surface area contributed by atoms with E-state index in [-0.39, 0.29) is 18.0 Å². The van der Waals surface area contributed by atoms with Crippen LogP contribution in [0.5, 0.6) is 0 Å². The predicted molar refractivity (Wildman–Crippen MR) is 59.2 cm³/mol. The molecular formula is C11H22N2O2. The Kier molecular flexibility index (Phi) is 4.54. The molecule has 1 saturated carbocycles. The molecule has 0 aromatic carbocycles. The van der Waals surface area contributed by atoms with E-state index in [4.69, 9.17) is 4.84 Å². The van der Waals surface area contributed by atoms with Crippen molar-refractivity contribution in [3.63, 3.8) is 0 Å². The van der Waals surface area contributed by atoms with E-state index in [1.165, 1.54) is 12.8 Å². The van der Waals surface area contributed by atoms with Crippen molar-refractivity contribution in [3.8, 4) is 0 Å². The van der Waals surface area contributed by atoms with E-state index >= 15 is 0 Å². The minimum atomic E-state index is -0.174. The third-order valence-corrected chi connectivity index (χ3v) is 2.30. The lowest BCUT2D eigenvalue weighted by Gasteiger charge is -2.21. The molecule has 0 radical (unpaired) electrons. The fourth-order valence-electron chi connectivity index (χ4n) is 1.69. The lowest BCUT2D eigenvalue weighted by atomic mass is 10.1. The van der Waals surface area contributed by atoms with E-state index in [1.54, 1.807) is 0 Å². The molecule has 0 aromatic rings. The van der Waals surface area contributed by atoms with Gasteiger partial charge in [0.2, 0.25) is 5.91 Å². The highest BCUT2D eigenvalue weighted by Gasteiger charge is 2.17. The SMILES string of the molecule is CC(C)(C)NC(=O)CNOC1CCCC1. The maximum Gasteiger partial charge on any atom is 0.236 e. The molecule has 0 heterocycles. The molecule has 0 spiro atoms. The van der Waals surface area contributed by atoms with Gasteiger partial charge in [-0.3, -0.25) is 9.63 Å². The van der Waals surface area contributed by atoms with Crippen LogP contribution in [0, 0.1) is 0 Å². The van der Waals surface area contributed by atoms with Crippen LogP contribution < -0.4 is 10.8 Å². The summed E-state index contributed by atoms with van der Waals surface area (Å²) in [4.78, 5) is 16.8. The third-order valence-electron chi connectivity index (χ3n) is 2.30. The zero-order valence-corrected chi connectivity index (χ0v) is 9.93. The third kappa shape index (κ3) is 5.74. The van der Waals surface area contributed by atoms with Gasteiger partial charge in [-0.1, -0.05) is 12.8 Å². The van der Waals surface area contributed by atoms with Gasteiger partial charge in [-0.25, -0.2) is 0 Å². The minimum Gasteiger partial charge on any atom is -0.350 e. The Hall–Kier alpha value is -0.610. The summed E-state index contributed by atoms with van der Waals surface area (Å²) in [5.74, 6) is -0.0273. The quantitative estimate of drug-likeness (QED) is 0.695. The monoisotopic (exact) mass is 214 g/mol. The van der Waals surface area contributed by atoms with Crippen LogP contribution in [0.3, 0.4) is 0 Å². The zero-order valence-electron chi connectivity index (χ0n) is 9.93. The van der Waals surface area contributed by atoms with Gasteiger partial charge in [0.15, 0.2) is 0 Å². The van der Waals surface area contributed by atoms with Gasteiger partial charge in [0.25, 0.3) is 0 Å². The van der Waals surface area contributed by atoms with Gasteiger partial charge in [-0.2, -0.15) is 5.48 Å². The van der Waals surface area contributed by atoms with Crippen LogP contribution >= 0.6 is 0 Å². The van der Waals surface area contributed by atoms with Crippen molar-refractivity contribution < 1.29 is 9.63 Å². The van der Waals surface area contributed by atoms with Crippen molar-refractivity contribution >= 4 is 5.91 Å². The van der Waals surface area contributed by atoms with Crippen molar-refractivity contribution in [1.82, 2.24) is 10.8 Å². The second kappa shape index (κ2) is 5.47. The van der Waals surface area contributed by atoms with Crippen molar-refractivity contribution in [3.05, 3.63) is 0 Å². The smallest absolute Gasteiger partial charge is 0.236 e. The first-order chi connectivity index (χ1) is 6.97.